The molecule has 8 heteroatoms. The number of phenolic OH excluding ortho intramolecular Hbond substituents is 1. The molecule has 2 aromatic heterocycles. The third kappa shape index (κ3) is 3.78. The molecule has 1 aromatic carbocycles. The first-order valence-electron chi connectivity index (χ1n) is 10.3. The van der Waals surface area contributed by atoms with Crippen molar-refractivity contribution in [3.63, 3.8) is 0 Å². The van der Waals surface area contributed by atoms with Crippen molar-refractivity contribution < 1.29 is 9.90 Å². The molecule has 0 spiro atoms. The van der Waals surface area contributed by atoms with Crippen LogP contribution in [0.25, 0.3) is 11.4 Å². The maximum Gasteiger partial charge on any atom is 0.229 e. The van der Waals surface area contributed by atoms with Gasteiger partial charge in [0.05, 0.1) is 24.4 Å². The zero-order valence-electron chi connectivity index (χ0n) is 16.6. The van der Waals surface area contributed by atoms with Gasteiger partial charge in [-0.2, -0.15) is 0 Å². The second kappa shape index (κ2) is 7.87. The van der Waals surface area contributed by atoms with Gasteiger partial charge in [0, 0.05) is 30.5 Å². The first kappa shape index (κ1) is 18.7. The molecule has 3 fully saturated rings. The number of phenols is 1. The summed E-state index contributed by atoms with van der Waals surface area (Å²) in [6, 6.07) is 12.8. The lowest BCUT2D eigenvalue weighted by Crippen LogP contribution is -2.57. The van der Waals surface area contributed by atoms with E-state index in [-0.39, 0.29) is 17.6 Å². The fraction of sp³-hybridized carbons (Fsp3) is 0.364. The molecular formula is C22H24N6O2. The predicted molar refractivity (Wildman–Crippen MR) is 112 cm³/mol. The number of anilines is 1. The van der Waals surface area contributed by atoms with Crippen molar-refractivity contribution in [1.82, 2.24) is 24.9 Å². The number of hydrogen-bond donors (Lipinski definition) is 2. The average molecular weight is 404 g/mol. The van der Waals surface area contributed by atoms with Crippen LogP contribution in [0.15, 0.2) is 54.9 Å². The Labute approximate surface area is 174 Å². The first-order chi connectivity index (χ1) is 14.7. The zero-order valence-corrected chi connectivity index (χ0v) is 16.6. The van der Waals surface area contributed by atoms with Gasteiger partial charge >= 0.3 is 0 Å². The van der Waals surface area contributed by atoms with E-state index in [4.69, 9.17) is 0 Å². The maximum atomic E-state index is 12.8. The van der Waals surface area contributed by atoms with Crippen molar-refractivity contribution in [3.05, 3.63) is 54.9 Å². The zero-order chi connectivity index (χ0) is 20.5. The van der Waals surface area contributed by atoms with Crippen LogP contribution in [0.4, 0.5) is 5.69 Å². The largest absolute Gasteiger partial charge is 0.508 e. The van der Waals surface area contributed by atoms with E-state index in [0.717, 1.165) is 43.9 Å². The van der Waals surface area contributed by atoms with Gasteiger partial charge in [-0.25, -0.2) is 0 Å². The molecule has 30 heavy (non-hydrogen) atoms. The highest BCUT2D eigenvalue weighted by Gasteiger charge is 2.43. The number of amides is 1. The Morgan fingerprint density at radius 3 is 2.90 bits per heavy atom. The maximum absolute atomic E-state index is 12.8. The molecule has 0 saturated carbocycles. The predicted octanol–water partition coefficient (Wildman–Crippen LogP) is 2.39. The SMILES string of the molecule is O=C(Nc1cccc(O)c1)[C@H]1CN2CC[C@@H]1C[C@@H]2Cn1cc(-c2ccccn2)nn1. The number of rotatable bonds is 5. The van der Waals surface area contributed by atoms with E-state index in [2.05, 4.69) is 25.5 Å². The van der Waals surface area contributed by atoms with Crippen molar-refractivity contribution in [2.24, 2.45) is 11.8 Å². The number of carbonyl (C=O) groups excluding carboxylic acids is 1. The van der Waals surface area contributed by atoms with Gasteiger partial charge in [0.2, 0.25) is 5.91 Å². The lowest BCUT2D eigenvalue weighted by Gasteiger charge is -2.49. The molecule has 3 aromatic rings. The topological polar surface area (TPSA) is 96.2 Å². The number of aromatic nitrogens is 4. The van der Waals surface area contributed by atoms with Crippen LogP contribution in [0.3, 0.4) is 0 Å². The lowest BCUT2D eigenvalue weighted by molar-refractivity contribution is -0.127. The number of pyridine rings is 1. The van der Waals surface area contributed by atoms with Crippen LogP contribution in [-0.4, -0.2) is 55.0 Å². The number of fused-ring (bicyclic) bond motifs is 3. The van der Waals surface area contributed by atoms with Gasteiger partial charge < -0.3 is 10.4 Å². The summed E-state index contributed by atoms with van der Waals surface area (Å²) in [4.78, 5) is 19.6. The van der Waals surface area contributed by atoms with Gasteiger partial charge in [0.25, 0.3) is 0 Å². The van der Waals surface area contributed by atoms with E-state index in [1.807, 2.05) is 29.1 Å². The molecule has 3 aliphatic heterocycles. The van der Waals surface area contributed by atoms with Crippen LogP contribution in [0.2, 0.25) is 0 Å². The molecule has 0 aliphatic carbocycles. The molecule has 1 unspecified atom stereocenters. The van der Waals surface area contributed by atoms with E-state index in [1.54, 1.807) is 30.5 Å². The van der Waals surface area contributed by atoms with E-state index >= 15 is 0 Å². The second-order valence-electron chi connectivity index (χ2n) is 8.12. The molecule has 1 amide bonds. The van der Waals surface area contributed by atoms with Gasteiger partial charge in [-0.05, 0) is 49.6 Å². The smallest absolute Gasteiger partial charge is 0.229 e. The van der Waals surface area contributed by atoms with Crippen LogP contribution in [0.1, 0.15) is 12.8 Å². The average Bonchev–Trinajstić information content (AvgIpc) is 3.23. The number of nitrogens with zero attached hydrogens (tertiary/aromatic N) is 5. The number of aromatic hydroxyl groups is 1. The molecule has 6 rings (SSSR count). The number of nitrogens with one attached hydrogen (secondary N) is 1. The van der Waals surface area contributed by atoms with Gasteiger partial charge in [0.15, 0.2) is 0 Å². The number of piperidine rings is 3. The Morgan fingerprint density at radius 2 is 2.13 bits per heavy atom. The Hall–Kier alpha value is -3.26. The molecule has 2 N–H and O–H groups in total. The Balaban J connectivity index is 1.23. The van der Waals surface area contributed by atoms with Gasteiger partial charge in [0.1, 0.15) is 11.4 Å². The molecule has 0 radical (unpaired) electrons. The standard InChI is InChI=1S/C22H24N6O2/c29-18-5-3-4-16(11-18)24-22(30)19-13-27-9-7-15(19)10-17(27)12-28-14-21(25-26-28)20-6-1-2-8-23-20/h1-6,8,11,14-15,17,19,29H,7,9-10,12-13H2,(H,24,30)/t15-,17-,19+/m1/s1. The van der Waals surface area contributed by atoms with E-state index in [0.29, 0.717) is 17.6 Å². The number of carbonyl (C=O) groups is 1. The van der Waals surface area contributed by atoms with Crippen molar-refractivity contribution in [1.29, 1.82) is 0 Å². The minimum Gasteiger partial charge on any atom is -0.508 e. The van der Waals surface area contributed by atoms with Crippen LogP contribution in [0.5, 0.6) is 5.75 Å². The fourth-order valence-electron chi connectivity index (χ4n) is 4.68. The van der Waals surface area contributed by atoms with Crippen LogP contribution in [0, 0.1) is 11.8 Å². The summed E-state index contributed by atoms with van der Waals surface area (Å²) in [5.41, 5.74) is 2.23. The first-order valence-corrected chi connectivity index (χ1v) is 10.3. The van der Waals surface area contributed by atoms with Crippen LogP contribution in [-0.2, 0) is 11.3 Å². The molecule has 2 bridgehead atoms. The minimum absolute atomic E-state index is 0.0304. The van der Waals surface area contributed by atoms with E-state index in [9.17, 15) is 9.90 Å². The molecule has 8 nitrogen and oxygen atoms in total. The van der Waals surface area contributed by atoms with Crippen molar-refractivity contribution >= 4 is 11.6 Å². The minimum atomic E-state index is -0.0304. The fourth-order valence-corrected chi connectivity index (χ4v) is 4.68. The summed E-state index contributed by atoms with van der Waals surface area (Å²) in [6.07, 6.45) is 5.70. The highest BCUT2D eigenvalue weighted by atomic mass is 16.3. The Kier molecular flexibility index (Phi) is 4.92. The molecule has 3 saturated heterocycles. The normalized spacial score (nSPS) is 25.2. The summed E-state index contributed by atoms with van der Waals surface area (Å²) in [5, 5.41) is 21.1. The quantitative estimate of drug-likeness (QED) is 0.678. The van der Waals surface area contributed by atoms with Crippen LogP contribution >= 0.6 is 0 Å². The van der Waals surface area contributed by atoms with Gasteiger partial charge in [-0.3, -0.25) is 19.4 Å². The Morgan fingerprint density at radius 1 is 1.20 bits per heavy atom. The Bertz CT molecular complexity index is 1040. The van der Waals surface area contributed by atoms with Gasteiger partial charge in [-0.1, -0.05) is 17.3 Å². The van der Waals surface area contributed by atoms with Crippen molar-refractivity contribution in [3.8, 4) is 17.1 Å². The summed E-state index contributed by atoms with van der Waals surface area (Å²) in [6.45, 7) is 2.52. The number of benzene rings is 1. The van der Waals surface area contributed by atoms with Crippen molar-refractivity contribution in [2.45, 2.75) is 25.4 Å². The summed E-state index contributed by atoms with van der Waals surface area (Å²) >= 11 is 0. The summed E-state index contributed by atoms with van der Waals surface area (Å²) in [5.74, 6) is 0.514. The van der Waals surface area contributed by atoms with E-state index < -0.39 is 0 Å². The third-order valence-corrected chi connectivity index (χ3v) is 6.19. The lowest BCUT2D eigenvalue weighted by atomic mass is 9.75. The monoisotopic (exact) mass is 404 g/mol. The van der Waals surface area contributed by atoms with Crippen molar-refractivity contribution in [2.75, 3.05) is 18.4 Å². The highest BCUT2D eigenvalue weighted by molar-refractivity contribution is 5.93. The summed E-state index contributed by atoms with van der Waals surface area (Å²) in [7, 11) is 0. The number of hydrogen-bond acceptors (Lipinski definition) is 6. The highest BCUT2D eigenvalue weighted by Crippen LogP contribution is 2.37. The molecule has 3 aliphatic rings. The molecule has 154 valence electrons. The second-order valence-corrected chi connectivity index (χ2v) is 8.12. The van der Waals surface area contributed by atoms with E-state index in [1.165, 1.54) is 0 Å². The summed E-state index contributed by atoms with van der Waals surface area (Å²) < 4.78 is 1.89. The molecule has 4 atom stereocenters. The molecular weight excluding hydrogens is 380 g/mol. The van der Waals surface area contributed by atoms with Crippen LogP contribution < -0.4 is 5.32 Å². The van der Waals surface area contributed by atoms with Gasteiger partial charge in [-0.15, -0.1) is 5.10 Å². The third-order valence-electron chi connectivity index (χ3n) is 6.19. The molecule has 5 heterocycles.